The first-order valence-corrected chi connectivity index (χ1v) is 9.88. The third-order valence-electron chi connectivity index (χ3n) is 4.77. The Balaban J connectivity index is 1.47. The zero-order chi connectivity index (χ0) is 20.8. The van der Waals surface area contributed by atoms with Gasteiger partial charge in [0, 0.05) is 18.4 Å². The van der Waals surface area contributed by atoms with Crippen molar-refractivity contribution in [3.05, 3.63) is 102 Å². The maximum atomic E-state index is 12.8. The fraction of sp³-hybridized carbons (Fsp3) is 0.125. The van der Waals surface area contributed by atoms with Crippen molar-refractivity contribution in [1.82, 2.24) is 14.7 Å². The van der Waals surface area contributed by atoms with Gasteiger partial charge in [-0.2, -0.15) is 0 Å². The standard InChI is InChI=1S/C24H22N4O2/c29-23(25-16-9-12-18-10-3-1-4-11-18)21-20-15-7-8-17-28(20)22(27-21)24(30)26-19-13-5-2-6-14-19/h1-8,10-11,13-15,17H,9,12,16H2,(H,25,29)(H,26,30). The molecule has 0 aliphatic heterocycles. The second kappa shape index (κ2) is 9.05. The van der Waals surface area contributed by atoms with Crippen LogP contribution in [0.3, 0.4) is 0 Å². The van der Waals surface area contributed by atoms with E-state index in [1.165, 1.54) is 5.56 Å². The Morgan fingerprint density at radius 1 is 0.833 bits per heavy atom. The topological polar surface area (TPSA) is 75.5 Å². The number of hydrogen-bond acceptors (Lipinski definition) is 3. The lowest BCUT2D eigenvalue weighted by molar-refractivity contribution is 0.0950. The van der Waals surface area contributed by atoms with Gasteiger partial charge in [0.2, 0.25) is 5.82 Å². The molecular weight excluding hydrogens is 376 g/mol. The summed E-state index contributed by atoms with van der Waals surface area (Å²) in [7, 11) is 0. The van der Waals surface area contributed by atoms with Crippen LogP contribution < -0.4 is 10.6 Å². The number of nitrogens with zero attached hydrogens (tertiary/aromatic N) is 2. The lowest BCUT2D eigenvalue weighted by atomic mass is 10.1. The van der Waals surface area contributed by atoms with Crippen LogP contribution in [0.25, 0.3) is 5.52 Å². The van der Waals surface area contributed by atoms with Crippen LogP contribution in [0.2, 0.25) is 0 Å². The fourth-order valence-electron chi connectivity index (χ4n) is 3.30. The van der Waals surface area contributed by atoms with E-state index in [2.05, 4.69) is 27.8 Å². The first-order valence-electron chi connectivity index (χ1n) is 9.88. The van der Waals surface area contributed by atoms with Crippen molar-refractivity contribution < 1.29 is 9.59 Å². The number of hydrogen-bond donors (Lipinski definition) is 2. The van der Waals surface area contributed by atoms with Crippen molar-refractivity contribution in [3.63, 3.8) is 0 Å². The van der Waals surface area contributed by atoms with Crippen molar-refractivity contribution in [3.8, 4) is 0 Å². The summed E-state index contributed by atoms with van der Waals surface area (Å²) >= 11 is 0. The molecule has 0 aliphatic carbocycles. The normalized spacial score (nSPS) is 10.7. The zero-order valence-corrected chi connectivity index (χ0v) is 16.4. The highest BCUT2D eigenvalue weighted by molar-refractivity contribution is 6.06. The van der Waals surface area contributed by atoms with Gasteiger partial charge in [-0.1, -0.05) is 54.6 Å². The molecule has 0 aliphatic rings. The monoisotopic (exact) mass is 398 g/mol. The number of aromatic nitrogens is 2. The number of pyridine rings is 1. The molecular formula is C24H22N4O2. The molecule has 4 aromatic rings. The van der Waals surface area contributed by atoms with E-state index < -0.39 is 0 Å². The van der Waals surface area contributed by atoms with Crippen molar-refractivity contribution >= 4 is 23.0 Å². The van der Waals surface area contributed by atoms with E-state index in [-0.39, 0.29) is 23.3 Å². The minimum absolute atomic E-state index is 0.170. The average molecular weight is 398 g/mol. The summed E-state index contributed by atoms with van der Waals surface area (Å²) in [5.74, 6) is -0.486. The Labute approximate surface area is 174 Å². The van der Waals surface area contributed by atoms with Crippen LogP contribution in [-0.4, -0.2) is 27.7 Å². The maximum absolute atomic E-state index is 12.8. The number of carbonyl (C=O) groups is 2. The fourth-order valence-corrected chi connectivity index (χ4v) is 3.30. The quantitative estimate of drug-likeness (QED) is 0.463. The van der Waals surface area contributed by atoms with Crippen LogP contribution in [0.4, 0.5) is 5.69 Å². The van der Waals surface area contributed by atoms with Crippen LogP contribution in [0.1, 0.15) is 33.1 Å². The van der Waals surface area contributed by atoms with Gasteiger partial charge in [-0.05, 0) is 42.7 Å². The summed E-state index contributed by atoms with van der Waals surface area (Å²) in [5, 5.41) is 5.74. The van der Waals surface area contributed by atoms with Gasteiger partial charge in [0.25, 0.3) is 11.8 Å². The number of imidazole rings is 1. The molecule has 150 valence electrons. The molecule has 0 unspecified atom stereocenters. The van der Waals surface area contributed by atoms with Crippen LogP contribution in [0.15, 0.2) is 85.1 Å². The Morgan fingerprint density at radius 2 is 1.53 bits per heavy atom. The van der Waals surface area contributed by atoms with Crippen LogP contribution >= 0.6 is 0 Å². The second-order valence-electron chi connectivity index (χ2n) is 6.91. The first kappa shape index (κ1) is 19.4. The summed E-state index contributed by atoms with van der Waals surface area (Å²) in [5.41, 5.74) is 2.74. The molecule has 0 bridgehead atoms. The number of rotatable bonds is 7. The molecule has 0 saturated heterocycles. The maximum Gasteiger partial charge on any atom is 0.292 e. The molecule has 6 nitrogen and oxygen atoms in total. The minimum atomic E-state index is -0.370. The Bertz CT molecular complexity index is 1150. The van der Waals surface area contributed by atoms with Crippen LogP contribution in [0.5, 0.6) is 0 Å². The molecule has 0 fully saturated rings. The molecule has 2 aromatic carbocycles. The molecule has 0 radical (unpaired) electrons. The van der Waals surface area contributed by atoms with E-state index in [9.17, 15) is 9.59 Å². The van der Waals surface area contributed by atoms with Crippen LogP contribution in [-0.2, 0) is 6.42 Å². The number of aryl methyl sites for hydroxylation is 1. The highest BCUT2D eigenvalue weighted by atomic mass is 16.2. The highest BCUT2D eigenvalue weighted by Crippen LogP contribution is 2.15. The van der Waals surface area contributed by atoms with Crippen molar-refractivity contribution in [2.45, 2.75) is 12.8 Å². The number of fused-ring (bicyclic) bond motifs is 1. The molecule has 2 N–H and O–H groups in total. The molecule has 30 heavy (non-hydrogen) atoms. The molecule has 2 aromatic heterocycles. The van der Waals surface area contributed by atoms with Gasteiger partial charge in [0.15, 0.2) is 5.69 Å². The van der Waals surface area contributed by atoms with Crippen molar-refractivity contribution in [1.29, 1.82) is 0 Å². The van der Waals surface area contributed by atoms with E-state index in [0.29, 0.717) is 17.7 Å². The molecule has 4 rings (SSSR count). The van der Waals surface area contributed by atoms with E-state index in [4.69, 9.17) is 0 Å². The number of amides is 2. The number of para-hydroxylation sites is 1. The van der Waals surface area contributed by atoms with E-state index in [1.54, 1.807) is 34.9 Å². The van der Waals surface area contributed by atoms with Crippen molar-refractivity contribution in [2.75, 3.05) is 11.9 Å². The number of anilines is 1. The third-order valence-corrected chi connectivity index (χ3v) is 4.77. The molecule has 6 heteroatoms. The molecule has 0 atom stereocenters. The zero-order valence-electron chi connectivity index (χ0n) is 16.4. The minimum Gasteiger partial charge on any atom is -0.351 e. The number of benzene rings is 2. The van der Waals surface area contributed by atoms with E-state index >= 15 is 0 Å². The highest BCUT2D eigenvalue weighted by Gasteiger charge is 2.21. The lowest BCUT2D eigenvalue weighted by Gasteiger charge is -2.04. The van der Waals surface area contributed by atoms with Gasteiger partial charge in [0.1, 0.15) is 0 Å². The van der Waals surface area contributed by atoms with Crippen LogP contribution in [0, 0.1) is 0 Å². The predicted molar refractivity (Wildman–Crippen MR) is 117 cm³/mol. The average Bonchev–Trinajstić information content (AvgIpc) is 3.18. The largest absolute Gasteiger partial charge is 0.351 e. The summed E-state index contributed by atoms with van der Waals surface area (Å²) in [6.45, 7) is 0.533. The van der Waals surface area contributed by atoms with E-state index in [1.807, 2.05) is 42.5 Å². The second-order valence-corrected chi connectivity index (χ2v) is 6.91. The van der Waals surface area contributed by atoms with Gasteiger partial charge in [-0.15, -0.1) is 0 Å². The molecule has 0 spiro atoms. The molecule has 2 amide bonds. The van der Waals surface area contributed by atoms with Gasteiger partial charge in [-0.3, -0.25) is 14.0 Å². The van der Waals surface area contributed by atoms with Gasteiger partial charge >= 0.3 is 0 Å². The summed E-state index contributed by atoms with van der Waals surface area (Å²) in [6.07, 6.45) is 3.44. The van der Waals surface area contributed by atoms with Gasteiger partial charge in [0.05, 0.1) is 5.52 Å². The molecule has 0 saturated carbocycles. The Hall–Kier alpha value is -3.93. The molecule has 2 heterocycles. The number of nitrogens with one attached hydrogen (secondary N) is 2. The van der Waals surface area contributed by atoms with E-state index in [0.717, 1.165) is 12.8 Å². The number of carbonyl (C=O) groups excluding carboxylic acids is 2. The Morgan fingerprint density at radius 3 is 2.30 bits per heavy atom. The summed E-state index contributed by atoms with van der Waals surface area (Å²) in [6, 6.07) is 24.7. The van der Waals surface area contributed by atoms with Crippen molar-refractivity contribution in [2.24, 2.45) is 0 Å². The first-order chi connectivity index (χ1) is 14.7. The Kier molecular flexibility index (Phi) is 5.85. The summed E-state index contributed by atoms with van der Waals surface area (Å²) in [4.78, 5) is 29.9. The smallest absolute Gasteiger partial charge is 0.292 e. The third kappa shape index (κ3) is 4.38. The van der Waals surface area contributed by atoms with Gasteiger partial charge in [-0.25, -0.2) is 4.98 Å². The summed E-state index contributed by atoms with van der Waals surface area (Å²) < 4.78 is 1.64. The SMILES string of the molecule is O=C(NCCCc1ccccc1)c1nc(C(=O)Nc2ccccc2)n2ccccc12. The lowest BCUT2D eigenvalue weighted by Crippen LogP contribution is -2.25. The van der Waals surface area contributed by atoms with Gasteiger partial charge < -0.3 is 10.6 Å². The predicted octanol–water partition coefficient (Wildman–Crippen LogP) is 3.95.